The van der Waals surface area contributed by atoms with Crippen LogP contribution in [0.3, 0.4) is 0 Å². The van der Waals surface area contributed by atoms with Crippen molar-refractivity contribution in [2.75, 3.05) is 18.4 Å². The van der Waals surface area contributed by atoms with Gasteiger partial charge >= 0.3 is 0 Å². The van der Waals surface area contributed by atoms with E-state index < -0.39 is 0 Å². The first-order valence-corrected chi connectivity index (χ1v) is 8.51. The van der Waals surface area contributed by atoms with E-state index in [9.17, 15) is 4.79 Å². The number of amides is 1. The Morgan fingerprint density at radius 3 is 2.88 bits per heavy atom. The fourth-order valence-corrected chi connectivity index (χ4v) is 3.08. The zero-order valence-corrected chi connectivity index (χ0v) is 14.5. The van der Waals surface area contributed by atoms with Gasteiger partial charge < -0.3 is 9.88 Å². The smallest absolute Gasteiger partial charge is 0.280 e. The fourth-order valence-electron chi connectivity index (χ4n) is 3.08. The Hall–Kier alpha value is -2.22. The lowest BCUT2D eigenvalue weighted by atomic mass is 10.1. The molecule has 1 aliphatic heterocycles. The molecule has 0 bridgehead atoms. The molecule has 0 spiro atoms. The summed E-state index contributed by atoms with van der Waals surface area (Å²) in [4.78, 5) is 16.8. The maximum Gasteiger partial charge on any atom is 0.280 e. The van der Waals surface area contributed by atoms with E-state index in [4.69, 9.17) is 0 Å². The third kappa shape index (κ3) is 3.48. The summed E-state index contributed by atoms with van der Waals surface area (Å²) in [5.41, 5.74) is 1.17. The topological polar surface area (TPSA) is 89.7 Å². The Morgan fingerprint density at radius 1 is 1.42 bits per heavy atom. The van der Waals surface area contributed by atoms with Gasteiger partial charge in [0.1, 0.15) is 0 Å². The second kappa shape index (κ2) is 7.12. The van der Waals surface area contributed by atoms with E-state index in [0.717, 1.165) is 38.2 Å². The van der Waals surface area contributed by atoms with Crippen molar-refractivity contribution in [2.45, 2.75) is 46.2 Å². The number of carbonyl (C=O) groups is 1. The minimum atomic E-state index is -0.260. The van der Waals surface area contributed by atoms with Gasteiger partial charge in [-0.15, -0.1) is 5.10 Å². The fraction of sp³-hybridized carbons (Fsp3) is 0.625. The van der Waals surface area contributed by atoms with Crippen LogP contribution in [0.15, 0.2) is 12.4 Å². The number of imidazole rings is 1. The van der Waals surface area contributed by atoms with E-state index >= 15 is 0 Å². The van der Waals surface area contributed by atoms with Crippen LogP contribution in [-0.2, 0) is 6.54 Å². The number of anilines is 1. The summed E-state index contributed by atoms with van der Waals surface area (Å²) in [6.07, 6.45) is 5.57. The average molecular weight is 331 g/mol. The maximum absolute atomic E-state index is 12.6. The first-order valence-electron chi connectivity index (χ1n) is 8.51. The predicted octanol–water partition coefficient (Wildman–Crippen LogP) is 1.62. The minimum absolute atomic E-state index is 0.260. The number of piperidine rings is 1. The molecule has 0 aliphatic carbocycles. The van der Waals surface area contributed by atoms with Crippen molar-refractivity contribution in [3.8, 4) is 0 Å². The highest BCUT2D eigenvalue weighted by molar-refractivity contribution is 6.02. The number of carbonyl (C=O) groups excluding carboxylic acids is 1. The summed E-state index contributed by atoms with van der Waals surface area (Å²) in [5.74, 6) is 0.755. The van der Waals surface area contributed by atoms with E-state index in [1.165, 1.54) is 0 Å². The van der Waals surface area contributed by atoms with Crippen LogP contribution in [0.5, 0.6) is 0 Å². The molecule has 1 aliphatic rings. The quantitative estimate of drug-likeness (QED) is 0.869. The van der Waals surface area contributed by atoms with Gasteiger partial charge in [-0.3, -0.25) is 10.1 Å². The van der Waals surface area contributed by atoms with Crippen LogP contribution in [0, 0.1) is 12.8 Å². The van der Waals surface area contributed by atoms with Crippen LogP contribution in [-0.4, -0.2) is 43.5 Å². The van der Waals surface area contributed by atoms with Gasteiger partial charge in [-0.05, 0) is 38.8 Å². The van der Waals surface area contributed by atoms with Gasteiger partial charge in [0, 0.05) is 18.9 Å². The van der Waals surface area contributed by atoms with E-state index in [2.05, 4.69) is 39.8 Å². The summed E-state index contributed by atoms with van der Waals surface area (Å²) in [6, 6.07) is 0.309. The van der Waals surface area contributed by atoms with Crippen molar-refractivity contribution in [3.63, 3.8) is 0 Å². The summed E-state index contributed by atoms with van der Waals surface area (Å²) in [6.45, 7) is 8.89. The molecule has 1 saturated heterocycles. The van der Waals surface area contributed by atoms with Crippen molar-refractivity contribution in [1.29, 1.82) is 0 Å². The normalized spacial score (nSPS) is 15.8. The molecule has 3 rings (SSSR count). The molecule has 1 fully saturated rings. The van der Waals surface area contributed by atoms with E-state index in [1.807, 2.05) is 22.4 Å². The lowest BCUT2D eigenvalue weighted by Crippen LogP contribution is -2.30. The Balaban J connectivity index is 1.74. The van der Waals surface area contributed by atoms with Gasteiger partial charge in [0.2, 0.25) is 5.95 Å². The molecule has 1 amide bonds. The lowest BCUT2D eigenvalue weighted by Gasteiger charge is -2.23. The summed E-state index contributed by atoms with van der Waals surface area (Å²) >= 11 is 0. The highest BCUT2D eigenvalue weighted by atomic mass is 16.2. The first kappa shape index (κ1) is 16.6. The van der Waals surface area contributed by atoms with E-state index in [0.29, 0.717) is 23.6 Å². The summed E-state index contributed by atoms with van der Waals surface area (Å²) in [7, 11) is 0. The van der Waals surface area contributed by atoms with Crippen molar-refractivity contribution < 1.29 is 4.79 Å². The van der Waals surface area contributed by atoms with Crippen molar-refractivity contribution in [2.24, 2.45) is 5.92 Å². The molecule has 0 unspecified atom stereocenters. The molecule has 3 heterocycles. The van der Waals surface area contributed by atoms with Crippen molar-refractivity contribution in [1.82, 2.24) is 29.9 Å². The summed E-state index contributed by atoms with van der Waals surface area (Å²) in [5, 5.41) is 14.5. The Labute approximate surface area is 141 Å². The highest BCUT2D eigenvalue weighted by Crippen LogP contribution is 2.20. The Bertz CT molecular complexity index is 697. The first-order chi connectivity index (χ1) is 11.6. The second-order valence-corrected chi connectivity index (χ2v) is 6.70. The lowest BCUT2D eigenvalue weighted by molar-refractivity contribution is 0.102. The van der Waals surface area contributed by atoms with Gasteiger partial charge in [-0.25, -0.2) is 9.67 Å². The molecular formula is C16H25N7O. The molecule has 8 nitrogen and oxygen atoms in total. The van der Waals surface area contributed by atoms with E-state index in [1.54, 1.807) is 6.20 Å². The molecule has 24 heavy (non-hydrogen) atoms. The molecule has 2 aromatic heterocycles. The molecule has 2 aromatic rings. The van der Waals surface area contributed by atoms with E-state index in [-0.39, 0.29) is 5.91 Å². The minimum Gasteiger partial charge on any atom is -0.317 e. The monoisotopic (exact) mass is 331 g/mol. The number of hydrogen-bond acceptors (Lipinski definition) is 5. The molecule has 2 N–H and O–H groups in total. The van der Waals surface area contributed by atoms with Crippen LogP contribution in [0.4, 0.5) is 5.95 Å². The van der Waals surface area contributed by atoms with Crippen molar-refractivity contribution in [3.05, 3.63) is 23.8 Å². The zero-order valence-electron chi connectivity index (χ0n) is 14.5. The van der Waals surface area contributed by atoms with Crippen LogP contribution in [0.1, 0.15) is 48.9 Å². The third-order valence-corrected chi connectivity index (χ3v) is 4.30. The summed E-state index contributed by atoms with van der Waals surface area (Å²) < 4.78 is 3.82. The molecule has 0 radical (unpaired) electrons. The number of nitrogens with one attached hydrogen (secondary N) is 2. The number of hydrogen-bond donors (Lipinski definition) is 2. The van der Waals surface area contributed by atoms with Crippen LogP contribution in [0.25, 0.3) is 0 Å². The maximum atomic E-state index is 12.6. The van der Waals surface area contributed by atoms with Gasteiger partial charge in [0.05, 0.1) is 11.7 Å². The highest BCUT2D eigenvalue weighted by Gasteiger charge is 2.23. The van der Waals surface area contributed by atoms with Gasteiger partial charge in [-0.1, -0.05) is 19.1 Å². The van der Waals surface area contributed by atoms with Crippen LogP contribution < -0.4 is 10.6 Å². The molecular weight excluding hydrogens is 306 g/mol. The molecule has 8 heteroatoms. The Morgan fingerprint density at radius 2 is 2.17 bits per heavy atom. The molecule has 0 aromatic carbocycles. The van der Waals surface area contributed by atoms with Gasteiger partial charge in [0.15, 0.2) is 5.69 Å². The molecule has 0 atom stereocenters. The number of aromatic nitrogens is 5. The largest absolute Gasteiger partial charge is 0.317 e. The predicted molar refractivity (Wildman–Crippen MR) is 90.9 cm³/mol. The van der Waals surface area contributed by atoms with Gasteiger partial charge in [0.25, 0.3) is 5.91 Å². The number of nitrogens with zero attached hydrogens (tertiary/aromatic N) is 5. The third-order valence-electron chi connectivity index (χ3n) is 4.30. The second-order valence-electron chi connectivity index (χ2n) is 6.70. The molecule has 0 saturated carbocycles. The standard InChI is InChI=1S/C16H25N7O/c1-11(2)10-22-9-8-18-16(22)19-15(24)14-12(3)23(21-20-14)13-4-6-17-7-5-13/h8-9,11,13,17H,4-7,10H2,1-3H3,(H,18,19,24). The molecule has 130 valence electrons. The van der Waals surface area contributed by atoms with Crippen LogP contribution >= 0.6 is 0 Å². The van der Waals surface area contributed by atoms with Gasteiger partial charge in [-0.2, -0.15) is 0 Å². The van der Waals surface area contributed by atoms with Crippen LogP contribution in [0.2, 0.25) is 0 Å². The zero-order chi connectivity index (χ0) is 17.1. The number of rotatable bonds is 5. The van der Waals surface area contributed by atoms with Crippen molar-refractivity contribution >= 4 is 11.9 Å². The Kier molecular flexibility index (Phi) is 4.94. The SMILES string of the molecule is Cc1c(C(=O)Nc2nccn2CC(C)C)nnn1C1CCNCC1. The average Bonchev–Trinajstić information content (AvgIpc) is 3.14.